The van der Waals surface area contributed by atoms with Crippen LogP contribution in [0, 0.1) is 0 Å². The average Bonchev–Trinajstić information content (AvgIpc) is 3.62. The number of amides is 2. The Hall–Kier alpha value is -3.52. The molecule has 1 atom stereocenters. The van der Waals surface area contributed by atoms with Crippen molar-refractivity contribution in [2.75, 3.05) is 12.4 Å². The molecule has 2 N–H and O–H groups in total. The van der Waals surface area contributed by atoms with Gasteiger partial charge in [-0.25, -0.2) is 4.99 Å². The van der Waals surface area contributed by atoms with Gasteiger partial charge in [0, 0.05) is 17.4 Å². The maximum Gasteiger partial charge on any atom is 0.255 e. The number of thioether (sulfide) groups is 1. The molecule has 0 radical (unpaired) electrons. The van der Waals surface area contributed by atoms with E-state index >= 15 is 0 Å². The van der Waals surface area contributed by atoms with Gasteiger partial charge in [-0.05, 0) is 66.5 Å². The third-order valence-corrected chi connectivity index (χ3v) is 7.68. The molecule has 0 spiro atoms. The number of nitrogens with zero attached hydrogens (tertiary/aromatic N) is 2. The van der Waals surface area contributed by atoms with Crippen molar-refractivity contribution in [2.45, 2.75) is 58.0 Å². The van der Waals surface area contributed by atoms with Gasteiger partial charge in [0.2, 0.25) is 5.91 Å². The zero-order chi connectivity index (χ0) is 26.1. The molecular weight excluding hydrogens is 484 g/mol. The zero-order valence-corrected chi connectivity index (χ0v) is 22.4. The molecule has 0 aromatic heterocycles. The molecule has 192 valence electrons. The molecule has 2 amide bonds. The highest BCUT2D eigenvalue weighted by Gasteiger charge is 2.40. The number of aliphatic imine (C=N–C) groups is 1. The van der Waals surface area contributed by atoms with Gasteiger partial charge in [-0.2, -0.15) is 0 Å². The van der Waals surface area contributed by atoms with E-state index in [0.717, 1.165) is 35.0 Å². The summed E-state index contributed by atoms with van der Waals surface area (Å²) in [6.07, 6.45) is 2.33. The summed E-state index contributed by atoms with van der Waals surface area (Å²) in [5.74, 6) is 0.899. The molecule has 2 aromatic carbocycles. The lowest BCUT2D eigenvalue weighted by atomic mass is 9.91. The van der Waals surface area contributed by atoms with Crippen molar-refractivity contribution in [1.29, 1.82) is 0 Å². The third kappa shape index (κ3) is 5.44. The maximum absolute atomic E-state index is 13.8. The Labute approximate surface area is 222 Å². The number of carbonyl (C=O) groups is 2. The highest BCUT2D eigenvalue weighted by Crippen LogP contribution is 2.45. The fraction of sp³-hybridized carbons (Fsp3) is 0.345. The van der Waals surface area contributed by atoms with Crippen LogP contribution in [0.3, 0.4) is 0 Å². The van der Waals surface area contributed by atoms with E-state index in [1.165, 1.54) is 17.3 Å². The van der Waals surface area contributed by atoms with Crippen molar-refractivity contribution >= 4 is 34.4 Å². The number of fused-ring (bicyclic) bond motifs is 1. The number of amidine groups is 1. The smallest absolute Gasteiger partial charge is 0.255 e. The fourth-order valence-corrected chi connectivity index (χ4v) is 5.55. The van der Waals surface area contributed by atoms with Crippen LogP contribution in [0.1, 0.15) is 63.1 Å². The Morgan fingerprint density at radius 1 is 1.11 bits per heavy atom. The molecule has 3 aliphatic rings. The molecule has 5 rings (SSSR count). The van der Waals surface area contributed by atoms with Crippen molar-refractivity contribution in [3.63, 3.8) is 0 Å². The summed E-state index contributed by atoms with van der Waals surface area (Å²) in [5.41, 5.74) is 4.96. The molecule has 2 aromatic rings. The number of anilines is 1. The van der Waals surface area contributed by atoms with Crippen molar-refractivity contribution in [1.82, 2.24) is 10.2 Å². The van der Waals surface area contributed by atoms with Gasteiger partial charge in [-0.15, -0.1) is 0 Å². The van der Waals surface area contributed by atoms with E-state index in [2.05, 4.69) is 53.6 Å². The van der Waals surface area contributed by atoms with Crippen LogP contribution in [-0.4, -0.2) is 35.0 Å². The quantitative estimate of drug-likeness (QED) is 0.470. The number of hydrogen-bond donors (Lipinski definition) is 2. The van der Waals surface area contributed by atoms with Gasteiger partial charge in [0.05, 0.1) is 30.8 Å². The number of ether oxygens (including phenoxy) is 1. The van der Waals surface area contributed by atoms with E-state index in [4.69, 9.17) is 9.73 Å². The van der Waals surface area contributed by atoms with E-state index in [9.17, 15) is 9.59 Å². The average molecular weight is 517 g/mol. The lowest BCUT2D eigenvalue weighted by Crippen LogP contribution is -2.39. The number of rotatable bonds is 8. The Morgan fingerprint density at radius 2 is 1.81 bits per heavy atom. The lowest BCUT2D eigenvalue weighted by molar-refractivity contribution is -0.120. The summed E-state index contributed by atoms with van der Waals surface area (Å²) in [5, 5.41) is 8.88. The molecule has 2 heterocycles. The third-order valence-electron chi connectivity index (χ3n) is 6.80. The number of nitrogens with one attached hydrogen (secondary N) is 2. The number of carbonyl (C=O) groups excluding carboxylic acids is 2. The largest absolute Gasteiger partial charge is 0.497 e. The number of allylic oxidation sites excluding steroid dienone is 1. The van der Waals surface area contributed by atoms with Gasteiger partial charge in [0.25, 0.3) is 5.91 Å². The summed E-state index contributed by atoms with van der Waals surface area (Å²) in [6, 6.07) is 15.6. The molecule has 7 nitrogen and oxygen atoms in total. The van der Waals surface area contributed by atoms with E-state index in [1.54, 1.807) is 7.11 Å². The minimum absolute atomic E-state index is 0.0000140. The number of benzene rings is 2. The van der Waals surface area contributed by atoms with Gasteiger partial charge in [0.15, 0.2) is 5.17 Å². The van der Waals surface area contributed by atoms with Crippen LogP contribution in [0.5, 0.6) is 5.75 Å². The highest BCUT2D eigenvalue weighted by atomic mass is 32.2. The molecule has 1 aliphatic carbocycles. The first-order valence-electron chi connectivity index (χ1n) is 12.6. The number of hydrogen-bond acceptors (Lipinski definition) is 6. The van der Waals surface area contributed by atoms with Crippen molar-refractivity contribution in [2.24, 2.45) is 4.99 Å². The van der Waals surface area contributed by atoms with Crippen molar-refractivity contribution < 1.29 is 14.3 Å². The molecule has 8 heteroatoms. The Bertz CT molecular complexity index is 1290. The van der Waals surface area contributed by atoms with Crippen molar-refractivity contribution in [3.05, 3.63) is 82.0 Å². The Morgan fingerprint density at radius 3 is 2.43 bits per heavy atom. The first-order chi connectivity index (χ1) is 17.8. The van der Waals surface area contributed by atoms with E-state index in [-0.39, 0.29) is 18.2 Å². The van der Waals surface area contributed by atoms with E-state index in [1.807, 2.05) is 36.6 Å². The zero-order valence-electron chi connectivity index (χ0n) is 21.6. The van der Waals surface area contributed by atoms with Gasteiger partial charge in [0.1, 0.15) is 5.75 Å². The molecule has 1 saturated carbocycles. The molecule has 0 bridgehead atoms. The predicted octanol–water partition coefficient (Wildman–Crippen LogP) is 5.70. The molecule has 1 unspecified atom stereocenters. The fourth-order valence-electron chi connectivity index (χ4n) is 4.58. The topological polar surface area (TPSA) is 83.0 Å². The maximum atomic E-state index is 13.8. The Balaban J connectivity index is 1.49. The minimum Gasteiger partial charge on any atom is -0.497 e. The van der Waals surface area contributed by atoms with Crippen LogP contribution >= 0.6 is 11.8 Å². The summed E-state index contributed by atoms with van der Waals surface area (Å²) in [7, 11) is 1.61. The summed E-state index contributed by atoms with van der Waals surface area (Å²) >= 11 is 1.50. The molecular formula is C29H32N4O3S. The van der Waals surface area contributed by atoms with Crippen molar-refractivity contribution in [3.8, 4) is 5.75 Å². The Kier molecular flexibility index (Phi) is 7.11. The molecule has 0 saturated heterocycles. The molecule has 37 heavy (non-hydrogen) atoms. The van der Waals surface area contributed by atoms with Gasteiger partial charge < -0.3 is 20.3 Å². The van der Waals surface area contributed by atoms with Crippen LogP contribution in [0.15, 0.2) is 75.9 Å². The summed E-state index contributed by atoms with van der Waals surface area (Å²) in [6.45, 7) is 6.20. The highest BCUT2D eigenvalue weighted by molar-refractivity contribution is 8.16. The second kappa shape index (κ2) is 10.5. The van der Waals surface area contributed by atoms with Crippen LogP contribution < -0.4 is 15.4 Å². The van der Waals surface area contributed by atoms with E-state index in [0.29, 0.717) is 28.9 Å². The van der Waals surface area contributed by atoms with Gasteiger partial charge in [-0.1, -0.05) is 49.9 Å². The first kappa shape index (κ1) is 25.1. The van der Waals surface area contributed by atoms with Crippen LogP contribution in [0.25, 0.3) is 0 Å². The minimum atomic E-state index is -0.401. The van der Waals surface area contributed by atoms with Crippen LogP contribution in [-0.2, 0) is 9.59 Å². The predicted molar refractivity (Wildman–Crippen MR) is 148 cm³/mol. The second-order valence-electron chi connectivity index (χ2n) is 9.92. The summed E-state index contributed by atoms with van der Waals surface area (Å²) < 4.78 is 5.24. The summed E-state index contributed by atoms with van der Waals surface area (Å²) in [4.78, 5) is 33.3. The molecule has 2 aliphatic heterocycles. The number of methoxy groups -OCH3 is 1. The lowest BCUT2D eigenvalue weighted by Gasteiger charge is -2.36. The van der Waals surface area contributed by atoms with E-state index < -0.39 is 6.04 Å². The standard InChI is InChI=1S/C29H32N4O3S/c1-17(2)19-5-7-20(8-6-19)27-26(28(35)32-22-11-13-24(36-4)14-12-22)18(3)30-29-33(27)23(16-37-29)15-25(34)31-21-9-10-21/h5-8,11-14,16-17,21,27H,9-10,15H2,1-4H3,(H,31,34)(H,32,35). The molecule has 1 fully saturated rings. The normalized spacial score (nSPS) is 18.8. The van der Waals surface area contributed by atoms with Crippen LogP contribution in [0.4, 0.5) is 5.69 Å². The van der Waals surface area contributed by atoms with Gasteiger partial charge >= 0.3 is 0 Å². The monoisotopic (exact) mass is 516 g/mol. The van der Waals surface area contributed by atoms with Crippen LogP contribution in [0.2, 0.25) is 0 Å². The SMILES string of the molecule is COc1ccc(NC(=O)C2=C(C)N=C3SC=C(CC(=O)NC4CC4)N3C2c2ccc(C(C)C)cc2)cc1. The first-order valence-corrected chi connectivity index (χ1v) is 13.5. The van der Waals surface area contributed by atoms with Gasteiger partial charge in [-0.3, -0.25) is 9.59 Å². The second-order valence-corrected chi connectivity index (χ2v) is 10.8.